The Hall–Kier alpha value is -2.54. The van der Waals surface area contributed by atoms with Crippen LogP contribution in [0, 0.1) is 11.3 Å². The Labute approximate surface area is 123 Å². The Bertz CT molecular complexity index is 764. The van der Waals surface area contributed by atoms with Crippen LogP contribution in [0.1, 0.15) is 18.4 Å². The molecule has 0 aliphatic carbocycles. The highest BCUT2D eigenvalue weighted by atomic mass is 16.2. The number of nitrogens with zero attached hydrogens (tertiary/aromatic N) is 3. The molecule has 2 heterocycles. The van der Waals surface area contributed by atoms with Crippen LogP contribution >= 0.6 is 0 Å². The third kappa shape index (κ3) is 2.43. The smallest absolute Gasteiger partial charge is 0.237 e. The van der Waals surface area contributed by atoms with Crippen LogP contribution in [0.2, 0.25) is 0 Å². The molecule has 0 saturated carbocycles. The van der Waals surface area contributed by atoms with Crippen LogP contribution in [0.25, 0.3) is 16.5 Å². The largest absolute Gasteiger partial charge is 0.350 e. The third-order valence-electron chi connectivity index (χ3n) is 4.04. The van der Waals surface area contributed by atoms with E-state index >= 15 is 0 Å². The molecular formula is C17H17N3O. The fraction of sp³-hybridized carbons (Fsp3) is 0.294. The number of hydrogen-bond acceptors (Lipinski definition) is 2. The van der Waals surface area contributed by atoms with Gasteiger partial charge in [0.05, 0.1) is 6.07 Å². The molecule has 1 aliphatic rings. The number of amides is 1. The van der Waals surface area contributed by atoms with Crippen molar-refractivity contribution in [2.75, 3.05) is 13.1 Å². The Kier molecular flexibility index (Phi) is 3.49. The second kappa shape index (κ2) is 5.45. The van der Waals surface area contributed by atoms with Gasteiger partial charge in [0.15, 0.2) is 0 Å². The lowest BCUT2D eigenvalue weighted by molar-refractivity contribution is -0.129. The molecule has 0 fully saturated rings. The third-order valence-corrected chi connectivity index (χ3v) is 4.04. The summed E-state index contributed by atoms with van der Waals surface area (Å²) in [6.45, 7) is 1.29. The first kappa shape index (κ1) is 13.4. The Morgan fingerprint density at radius 1 is 1.38 bits per heavy atom. The number of benzene rings is 1. The van der Waals surface area contributed by atoms with Crippen LogP contribution in [0.4, 0.5) is 0 Å². The number of carbonyl (C=O) groups excluding carboxylic acids is 1. The SMILES string of the molecule is Cn1cc(C2=CCN(C(=O)CC#N)CC2)c2ccccc21. The molecule has 0 N–H and O–H groups in total. The molecule has 21 heavy (non-hydrogen) atoms. The van der Waals surface area contributed by atoms with Crippen molar-refractivity contribution < 1.29 is 4.79 Å². The summed E-state index contributed by atoms with van der Waals surface area (Å²) in [5.74, 6) is -0.0780. The quantitative estimate of drug-likeness (QED) is 0.848. The van der Waals surface area contributed by atoms with Crippen molar-refractivity contribution in [2.24, 2.45) is 7.05 Å². The predicted octanol–water partition coefficient (Wildman–Crippen LogP) is 2.71. The van der Waals surface area contributed by atoms with Crippen LogP contribution in [-0.2, 0) is 11.8 Å². The van der Waals surface area contributed by atoms with Gasteiger partial charge in [-0.3, -0.25) is 4.79 Å². The second-order valence-electron chi connectivity index (χ2n) is 5.32. The summed E-state index contributed by atoms with van der Waals surface area (Å²) < 4.78 is 2.14. The molecule has 0 bridgehead atoms. The van der Waals surface area contributed by atoms with Crippen molar-refractivity contribution in [3.05, 3.63) is 42.1 Å². The first-order chi connectivity index (χ1) is 10.2. The summed E-state index contributed by atoms with van der Waals surface area (Å²) in [5, 5.41) is 9.86. The lowest BCUT2D eigenvalue weighted by Gasteiger charge is -2.25. The molecule has 0 saturated heterocycles. The molecule has 1 amide bonds. The van der Waals surface area contributed by atoms with Crippen LogP contribution in [0.3, 0.4) is 0 Å². The number of aryl methyl sites for hydroxylation is 1. The van der Waals surface area contributed by atoms with Crippen molar-refractivity contribution in [3.63, 3.8) is 0 Å². The number of aromatic nitrogens is 1. The second-order valence-corrected chi connectivity index (χ2v) is 5.32. The van der Waals surface area contributed by atoms with Crippen molar-refractivity contribution in [3.8, 4) is 6.07 Å². The molecule has 1 aromatic carbocycles. The average Bonchev–Trinajstić information content (AvgIpc) is 2.85. The molecule has 0 spiro atoms. The monoisotopic (exact) mass is 279 g/mol. The number of rotatable bonds is 2. The number of nitriles is 1. The van der Waals surface area contributed by atoms with Crippen molar-refractivity contribution in [1.29, 1.82) is 5.26 Å². The fourth-order valence-electron chi connectivity index (χ4n) is 2.92. The molecule has 0 unspecified atom stereocenters. The number of fused-ring (bicyclic) bond motifs is 1. The molecule has 3 rings (SSSR count). The highest BCUT2D eigenvalue weighted by Crippen LogP contribution is 2.30. The lowest BCUT2D eigenvalue weighted by Crippen LogP contribution is -2.34. The van der Waals surface area contributed by atoms with Crippen molar-refractivity contribution in [2.45, 2.75) is 12.8 Å². The van der Waals surface area contributed by atoms with Gasteiger partial charge in [0.2, 0.25) is 5.91 Å². The summed E-state index contributed by atoms with van der Waals surface area (Å²) >= 11 is 0. The first-order valence-electron chi connectivity index (χ1n) is 7.09. The van der Waals surface area contributed by atoms with E-state index in [1.807, 2.05) is 12.1 Å². The summed E-state index contributed by atoms with van der Waals surface area (Å²) in [5.41, 5.74) is 3.75. The molecule has 4 nitrogen and oxygen atoms in total. The van der Waals surface area contributed by atoms with E-state index in [9.17, 15) is 4.79 Å². The average molecular weight is 279 g/mol. The van der Waals surface area contributed by atoms with E-state index in [0.717, 1.165) is 6.42 Å². The van der Waals surface area contributed by atoms with E-state index in [1.54, 1.807) is 4.90 Å². The maximum Gasteiger partial charge on any atom is 0.237 e. The van der Waals surface area contributed by atoms with Gasteiger partial charge in [0, 0.05) is 42.8 Å². The van der Waals surface area contributed by atoms with Gasteiger partial charge in [-0.05, 0) is 18.1 Å². The number of carbonyl (C=O) groups is 1. The molecular weight excluding hydrogens is 262 g/mol. The maximum atomic E-state index is 11.7. The zero-order valence-corrected chi connectivity index (χ0v) is 12.0. The van der Waals surface area contributed by atoms with Gasteiger partial charge in [-0.15, -0.1) is 0 Å². The summed E-state index contributed by atoms with van der Waals surface area (Å²) in [6, 6.07) is 10.3. The zero-order chi connectivity index (χ0) is 14.8. The molecule has 0 atom stereocenters. The van der Waals surface area contributed by atoms with Gasteiger partial charge >= 0.3 is 0 Å². The summed E-state index contributed by atoms with van der Waals surface area (Å²) in [7, 11) is 2.05. The Morgan fingerprint density at radius 3 is 2.90 bits per heavy atom. The van der Waals surface area contributed by atoms with Crippen molar-refractivity contribution >= 4 is 22.4 Å². The van der Waals surface area contributed by atoms with Crippen LogP contribution in [0.5, 0.6) is 0 Å². The minimum Gasteiger partial charge on any atom is -0.350 e. The van der Waals surface area contributed by atoms with Gasteiger partial charge < -0.3 is 9.47 Å². The Balaban J connectivity index is 1.88. The highest BCUT2D eigenvalue weighted by molar-refractivity contribution is 5.93. The first-order valence-corrected chi connectivity index (χ1v) is 7.09. The van der Waals surface area contributed by atoms with Crippen LogP contribution in [-0.4, -0.2) is 28.5 Å². The fourth-order valence-corrected chi connectivity index (χ4v) is 2.92. The normalized spacial score (nSPS) is 14.9. The van der Waals surface area contributed by atoms with Gasteiger partial charge in [-0.25, -0.2) is 0 Å². The van der Waals surface area contributed by atoms with Gasteiger partial charge in [0.1, 0.15) is 6.42 Å². The lowest BCUT2D eigenvalue weighted by atomic mass is 9.99. The van der Waals surface area contributed by atoms with Gasteiger partial charge in [-0.2, -0.15) is 5.26 Å². The van der Waals surface area contributed by atoms with E-state index in [2.05, 4.69) is 42.1 Å². The highest BCUT2D eigenvalue weighted by Gasteiger charge is 2.19. The van der Waals surface area contributed by atoms with E-state index in [1.165, 1.54) is 22.0 Å². The molecule has 2 aromatic rings. The van der Waals surface area contributed by atoms with E-state index < -0.39 is 0 Å². The minimum absolute atomic E-state index is 0.0303. The number of hydrogen-bond donors (Lipinski definition) is 0. The Morgan fingerprint density at radius 2 is 2.19 bits per heavy atom. The van der Waals surface area contributed by atoms with E-state index in [0.29, 0.717) is 13.1 Å². The minimum atomic E-state index is -0.0780. The molecule has 106 valence electrons. The van der Waals surface area contributed by atoms with Crippen molar-refractivity contribution in [1.82, 2.24) is 9.47 Å². The predicted molar refractivity (Wildman–Crippen MR) is 82.3 cm³/mol. The molecule has 1 aromatic heterocycles. The topological polar surface area (TPSA) is 49.0 Å². The molecule has 0 radical (unpaired) electrons. The van der Waals surface area contributed by atoms with Crippen LogP contribution < -0.4 is 0 Å². The summed E-state index contributed by atoms with van der Waals surface area (Å²) in [6.07, 6.45) is 5.08. The van der Waals surface area contributed by atoms with E-state index in [4.69, 9.17) is 5.26 Å². The van der Waals surface area contributed by atoms with Gasteiger partial charge in [-0.1, -0.05) is 24.3 Å². The summed E-state index contributed by atoms with van der Waals surface area (Å²) in [4.78, 5) is 13.5. The maximum absolute atomic E-state index is 11.7. The van der Waals surface area contributed by atoms with Crippen LogP contribution in [0.15, 0.2) is 36.5 Å². The van der Waals surface area contributed by atoms with Gasteiger partial charge in [0.25, 0.3) is 0 Å². The zero-order valence-electron chi connectivity index (χ0n) is 12.0. The molecule has 4 heteroatoms. The number of para-hydroxylation sites is 1. The standard InChI is InChI=1S/C17H17N3O/c1-19-12-15(14-4-2-3-5-16(14)19)13-7-10-20(11-8-13)17(21)6-9-18/h2-5,7,12H,6,8,10-11H2,1H3. The van der Waals surface area contributed by atoms with E-state index in [-0.39, 0.29) is 12.3 Å². The molecule has 1 aliphatic heterocycles.